The van der Waals surface area contributed by atoms with Gasteiger partial charge in [0.15, 0.2) is 0 Å². The second-order valence-electron chi connectivity index (χ2n) is 3.80. The van der Waals surface area contributed by atoms with Gasteiger partial charge in [-0.1, -0.05) is 12.1 Å². The molecule has 1 aromatic heterocycles. The largest absolute Gasteiger partial charge is 0.313 e. The van der Waals surface area contributed by atoms with Crippen molar-refractivity contribution in [2.45, 2.75) is 13.8 Å². The van der Waals surface area contributed by atoms with Gasteiger partial charge in [0, 0.05) is 30.9 Å². The molecule has 1 N–H and O–H groups in total. The molecule has 2 rings (SSSR count). The van der Waals surface area contributed by atoms with Gasteiger partial charge in [0.2, 0.25) is 5.91 Å². The summed E-state index contributed by atoms with van der Waals surface area (Å²) in [6, 6.07) is 7.89. The molecular formula is C13H15N3O. The fraction of sp³-hybridized carbons (Fsp3) is 0.231. The summed E-state index contributed by atoms with van der Waals surface area (Å²) < 4.78 is 0. The van der Waals surface area contributed by atoms with Crippen molar-refractivity contribution < 1.29 is 4.79 Å². The summed E-state index contributed by atoms with van der Waals surface area (Å²) in [4.78, 5) is 13.1. The number of carbonyl (C=O) groups is 1. The highest BCUT2D eigenvalue weighted by Gasteiger charge is 2.08. The number of nitrogens with one attached hydrogen (secondary N) is 1. The molecule has 4 heteroatoms. The maximum Gasteiger partial charge on any atom is 0.223 e. The zero-order chi connectivity index (χ0) is 12.3. The predicted octanol–water partition coefficient (Wildman–Crippen LogP) is 2.45. The molecule has 0 aliphatic carbocycles. The Morgan fingerprint density at radius 3 is 2.47 bits per heavy atom. The molecule has 1 amide bonds. The molecule has 0 saturated carbocycles. The highest BCUT2D eigenvalue weighted by molar-refractivity contribution is 5.91. The topological polar surface area (TPSA) is 49.0 Å². The average Bonchev–Trinajstić information content (AvgIpc) is 2.84. The first-order valence-corrected chi connectivity index (χ1v) is 5.59. The molecule has 0 fully saturated rings. The van der Waals surface area contributed by atoms with Gasteiger partial charge in [-0.3, -0.25) is 9.89 Å². The van der Waals surface area contributed by atoms with Crippen LogP contribution in [0.4, 0.5) is 5.69 Å². The number of aromatic nitrogens is 2. The molecule has 0 unspecified atom stereocenters. The zero-order valence-corrected chi connectivity index (χ0v) is 9.97. The second-order valence-corrected chi connectivity index (χ2v) is 3.80. The Labute approximate surface area is 100 Å². The molecule has 0 saturated heterocycles. The second kappa shape index (κ2) is 4.82. The molecule has 1 aromatic carbocycles. The van der Waals surface area contributed by atoms with E-state index in [0.29, 0.717) is 6.54 Å². The first kappa shape index (κ1) is 11.4. The molecule has 2 aromatic rings. The minimum Gasteiger partial charge on any atom is -0.313 e. The number of hydrogen-bond donors (Lipinski definition) is 1. The summed E-state index contributed by atoms with van der Waals surface area (Å²) in [6.45, 7) is 4.22. The van der Waals surface area contributed by atoms with Gasteiger partial charge >= 0.3 is 0 Å². The maximum absolute atomic E-state index is 11.4. The summed E-state index contributed by atoms with van der Waals surface area (Å²) in [7, 11) is 0. The Balaban J connectivity index is 2.26. The lowest BCUT2D eigenvalue weighted by Gasteiger charge is -2.19. The van der Waals surface area contributed by atoms with Gasteiger partial charge < -0.3 is 4.90 Å². The van der Waals surface area contributed by atoms with Crippen LogP contribution in [0.3, 0.4) is 0 Å². The molecule has 17 heavy (non-hydrogen) atoms. The molecule has 1 heterocycles. The van der Waals surface area contributed by atoms with Crippen LogP contribution < -0.4 is 4.90 Å². The standard InChI is InChI=1S/C13H15N3O/c1-3-16(10(2)17)13-6-4-11(5-7-13)12-8-14-15-9-12/h4-9H,3H2,1-2H3,(H,14,15). The number of anilines is 1. The molecule has 0 spiro atoms. The van der Waals surface area contributed by atoms with Crippen molar-refractivity contribution in [1.82, 2.24) is 10.2 Å². The molecule has 0 aliphatic heterocycles. The lowest BCUT2D eigenvalue weighted by molar-refractivity contribution is -0.116. The van der Waals surface area contributed by atoms with Crippen LogP contribution >= 0.6 is 0 Å². The summed E-state index contributed by atoms with van der Waals surface area (Å²) in [5.74, 6) is 0.0589. The number of hydrogen-bond acceptors (Lipinski definition) is 2. The third kappa shape index (κ3) is 2.36. The smallest absolute Gasteiger partial charge is 0.223 e. The number of carbonyl (C=O) groups excluding carboxylic acids is 1. The normalized spacial score (nSPS) is 10.2. The van der Waals surface area contributed by atoms with Crippen LogP contribution in [-0.2, 0) is 4.79 Å². The van der Waals surface area contributed by atoms with Crippen molar-refractivity contribution >= 4 is 11.6 Å². The van der Waals surface area contributed by atoms with Crippen LogP contribution in [0.1, 0.15) is 13.8 Å². The highest BCUT2D eigenvalue weighted by atomic mass is 16.2. The van der Waals surface area contributed by atoms with Crippen LogP contribution in [-0.4, -0.2) is 22.6 Å². The first-order valence-electron chi connectivity index (χ1n) is 5.59. The quantitative estimate of drug-likeness (QED) is 0.878. The van der Waals surface area contributed by atoms with Crippen molar-refractivity contribution in [2.24, 2.45) is 0 Å². The molecule has 0 bridgehead atoms. The number of amides is 1. The highest BCUT2D eigenvalue weighted by Crippen LogP contribution is 2.22. The maximum atomic E-state index is 11.4. The Kier molecular flexibility index (Phi) is 3.23. The Morgan fingerprint density at radius 2 is 2.00 bits per heavy atom. The number of rotatable bonds is 3. The van der Waals surface area contributed by atoms with E-state index in [0.717, 1.165) is 16.8 Å². The lowest BCUT2D eigenvalue weighted by atomic mass is 10.1. The number of H-pyrrole nitrogens is 1. The van der Waals surface area contributed by atoms with Gasteiger partial charge in [0.05, 0.1) is 6.20 Å². The minimum atomic E-state index is 0.0589. The van der Waals surface area contributed by atoms with E-state index in [2.05, 4.69) is 10.2 Å². The average molecular weight is 229 g/mol. The predicted molar refractivity (Wildman–Crippen MR) is 67.7 cm³/mol. The van der Waals surface area contributed by atoms with E-state index in [1.54, 1.807) is 18.0 Å². The van der Waals surface area contributed by atoms with Crippen LogP contribution in [0.2, 0.25) is 0 Å². The summed E-state index contributed by atoms with van der Waals surface area (Å²) in [5, 5.41) is 6.69. The van der Waals surface area contributed by atoms with Crippen molar-refractivity contribution in [1.29, 1.82) is 0 Å². The van der Waals surface area contributed by atoms with Crippen molar-refractivity contribution in [2.75, 3.05) is 11.4 Å². The molecular weight excluding hydrogens is 214 g/mol. The number of aromatic amines is 1. The lowest BCUT2D eigenvalue weighted by Crippen LogP contribution is -2.27. The van der Waals surface area contributed by atoms with E-state index in [1.165, 1.54) is 0 Å². The summed E-state index contributed by atoms with van der Waals surface area (Å²) in [5.41, 5.74) is 3.05. The number of nitrogens with zero attached hydrogens (tertiary/aromatic N) is 2. The van der Waals surface area contributed by atoms with E-state index in [-0.39, 0.29) is 5.91 Å². The van der Waals surface area contributed by atoms with Gasteiger partial charge in [0.1, 0.15) is 0 Å². The molecule has 0 aliphatic rings. The molecule has 4 nitrogen and oxygen atoms in total. The third-order valence-corrected chi connectivity index (χ3v) is 2.71. The van der Waals surface area contributed by atoms with Crippen LogP contribution in [0.15, 0.2) is 36.7 Å². The third-order valence-electron chi connectivity index (χ3n) is 2.71. The van der Waals surface area contributed by atoms with Gasteiger partial charge in [-0.05, 0) is 24.6 Å². The summed E-state index contributed by atoms with van der Waals surface area (Å²) >= 11 is 0. The van der Waals surface area contributed by atoms with Gasteiger partial charge in [-0.25, -0.2) is 0 Å². The van der Waals surface area contributed by atoms with E-state index < -0.39 is 0 Å². The van der Waals surface area contributed by atoms with Gasteiger partial charge in [0.25, 0.3) is 0 Å². The molecule has 88 valence electrons. The van der Waals surface area contributed by atoms with Crippen molar-refractivity contribution in [3.63, 3.8) is 0 Å². The molecule has 0 radical (unpaired) electrons. The Hall–Kier alpha value is -2.10. The van der Waals surface area contributed by atoms with Crippen molar-refractivity contribution in [3.05, 3.63) is 36.7 Å². The molecule has 0 atom stereocenters. The van der Waals surface area contributed by atoms with Crippen LogP contribution in [0.5, 0.6) is 0 Å². The zero-order valence-electron chi connectivity index (χ0n) is 9.97. The number of benzene rings is 1. The van der Waals surface area contributed by atoms with E-state index in [1.807, 2.05) is 37.4 Å². The van der Waals surface area contributed by atoms with E-state index in [4.69, 9.17) is 0 Å². The van der Waals surface area contributed by atoms with Gasteiger partial charge in [-0.15, -0.1) is 0 Å². The Morgan fingerprint density at radius 1 is 1.29 bits per heavy atom. The van der Waals surface area contributed by atoms with E-state index >= 15 is 0 Å². The van der Waals surface area contributed by atoms with Crippen molar-refractivity contribution in [3.8, 4) is 11.1 Å². The first-order chi connectivity index (χ1) is 8.22. The van der Waals surface area contributed by atoms with Crippen LogP contribution in [0, 0.1) is 0 Å². The monoisotopic (exact) mass is 229 g/mol. The minimum absolute atomic E-state index is 0.0589. The van der Waals surface area contributed by atoms with Gasteiger partial charge in [-0.2, -0.15) is 5.10 Å². The van der Waals surface area contributed by atoms with E-state index in [9.17, 15) is 4.79 Å². The summed E-state index contributed by atoms with van der Waals surface area (Å²) in [6.07, 6.45) is 3.62. The fourth-order valence-electron chi connectivity index (χ4n) is 1.83. The Bertz CT molecular complexity index is 488. The SMILES string of the molecule is CCN(C(C)=O)c1ccc(-c2cn[nH]c2)cc1. The fourth-order valence-corrected chi connectivity index (χ4v) is 1.83. The van der Waals surface area contributed by atoms with Crippen LogP contribution in [0.25, 0.3) is 11.1 Å².